The minimum absolute atomic E-state index is 0.0272. The summed E-state index contributed by atoms with van der Waals surface area (Å²) in [6, 6.07) is 3.63. The molecule has 2 N–H and O–H groups in total. The number of carbonyl (C=O) groups is 1. The van der Waals surface area contributed by atoms with Crippen molar-refractivity contribution in [2.45, 2.75) is 13.5 Å². The Balaban J connectivity index is 2.23. The summed E-state index contributed by atoms with van der Waals surface area (Å²) in [4.78, 5) is 14.7. The number of hydrogen-bond donors (Lipinski definition) is 1. The molecule has 0 spiro atoms. The molecule has 0 saturated heterocycles. The van der Waals surface area contributed by atoms with E-state index >= 15 is 0 Å². The van der Waals surface area contributed by atoms with E-state index in [1.165, 1.54) is 4.90 Å². The maximum Gasteiger partial charge on any atom is 0.256 e. The van der Waals surface area contributed by atoms with Crippen LogP contribution >= 0.6 is 11.3 Å². The molecule has 0 saturated carbocycles. The monoisotopic (exact) mass is 296 g/mol. The van der Waals surface area contributed by atoms with Crippen LogP contribution in [0.1, 0.15) is 20.8 Å². The highest BCUT2D eigenvalue weighted by molar-refractivity contribution is 7.10. The average molecular weight is 296 g/mol. The molecule has 106 valence electrons. The maximum absolute atomic E-state index is 13.2. The zero-order chi connectivity index (χ0) is 14.9. The van der Waals surface area contributed by atoms with E-state index in [1.807, 2.05) is 18.4 Å². The van der Waals surface area contributed by atoms with Crippen molar-refractivity contribution in [2.75, 3.05) is 12.8 Å². The molecule has 0 bridgehead atoms. The topological polar surface area (TPSA) is 46.3 Å². The number of halogens is 2. The summed E-state index contributed by atoms with van der Waals surface area (Å²) < 4.78 is 26.2. The molecule has 0 radical (unpaired) electrons. The first kappa shape index (κ1) is 14.5. The number of hydrogen-bond acceptors (Lipinski definition) is 3. The Labute approximate surface area is 119 Å². The number of aryl methyl sites for hydroxylation is 1. The summed E-state index contributed by atoms with van der Waals surface area (Å²) in [7, 11) is 1.60. The molecule has 0 aliphatic rings. The van der Waals surface area contributed by atoms with Gasteiger partial charge in [0, 0.05) is 23.7 Å². The van der Waals surface area contributed by atoms with Crippen molar-refractivity contribution in [3.8, 4) is 0 Å². The summed E-state index contributed by atoms with van der Waals surface area (Å²) >= 11 is 1.54. The molecular weight excluding hydrogens is 282 g/mol. The SMILES string of the molecule is Cc1ccsc1CN(C)C(=O)c1cc(F)c(F)cc1N. The fourth-order valence-corrected chi connectivity index (χ4v) is 2.76. The predicted molar refractivity (Wildman–Crippen MR) is 75.6 cm³/mol. The molecule has 0 aliphatic carbocycles. The van der Waals surface area contributed by atoms with Crippen LogP contribution in [-0.4, -0.2) is 17.9 Å². The van der Waals surface area contributed by atoms with E-state index in [-0.39, 0.29) is 11.3 Å². The van der Waals surface area contributed by atoms with Crippen molar-refractivity contribution >= 4 is 22.9 Å². The molecule has 1 aromatic carbocycles. The number of anilines is 1. The number of benzene rings is 1. The van der Waals surface area contributed by atoms with Gasteiger partial charge in [-0.1, -0.05) is 0 Å². The molecular formula is C14H14F2N2OS. The molecule has 1 aromatic heterocycles. The number of carbonyl (C=O) groups excluding carboxylic acids is 1. The number of thiophene rings is 1. The largest absolute Gasteiger partial charge is 0.398 e. The van der Waals surface area contributed by atoms with Gasteiger partial charge in [-0.2, -0.15) is 0 Å². The smallest absolute Gasteiger partial charge is 0.256 e. The third-order valence-electron chi connectivity index (χ3n) is 3.02. The van der Waals surface area contributed by atoms with Crippen molar-refractivity contribution in [1.29, 1.82) is 0 Å². The normalized spacial score (nSPS) is 10.6. The molecule has 0 aliphatic heterocycles. The summed E-state index contributed by atoms with van der Waals surface area (Å²) in [5.74, 6) is -2.58. The van der Waals surface area contributed by atoms with Gasteiger partial charge >= 0.3 is 0 Å². The Bertz CT molecular complexity index is 655. The van der Waals surface area contributed by atoms with Crippen molar-refractivity contribution in [2.24, 2.45) is 0 Å². The Kier molecular flexibility index (Phi) is 4.04. The first-order valence-corrected chi connectivity index (χ1v) is 6.81. The van der Waals surface area contributed by atoms with Crippen molar-refractivity contribution in [1.82, 2.24) is 4.90 Å². The van der Waals surface area contributed by atoms with Gasteiger partial charge in [-0.3, -0.25) is 4.79 Å². The number of amides is 1. The van der Waals surface area contributed by atoms with E-state index in [1.54, 1.807) is 18.4 Å². The standard InChI is InChI=1S/C14H14F2N2OS/c1-8-3-4-20-13(8)7-18(2)14(19)9-5-10(15)11(16)6-12(9)17/h3-6H,7,17H2,1-2H3. The Morgan fingerprint density at radius 2 is 2.00 bits per heavy atom. The third-order valence-corrected chi connectivity index (χ3v) is 4.03. The first-order valence-electron chi connectivity index (χ1n) is 5.93. The zero-order valence-electron chi connectivity index (χ0n) is 11.1. The Hall–Kier alpha value is -1.95. The number of nitrogens with zero attached hydrogens (tertiary/aromatic N) is 1. The van der Waals surface area contributed by atoms with E-state index in [0.717, 1.165) is 22.6 Å². The number of nitrogen functional groups attached to an aromatic ring is 1. The van der Waals surface area contributed by atoms with Crippen LogP contribution in [0.3, 0.4) is 0 Å². The highest BCUT2D eigenvalue weighted by atomic mass is 32.1. The van der Waals surface area contributed by atoms with Crippen LogP contribution in [0.4, 0.5) is 14.5 Å². The van der Waals surface area contributed by atoms with E-state index in [0.29, 0.717) is 6.54 Å². The van der Waals surface area contributed by atoms with Crippen LogP contribution < -0.4 is 5.73 Å². The van der Waals surface area contributed by atoms with E-state index in [2.05, 4.69) is 0 Å². The lowest BCUT2D eigenvalue weighted by Crippen LogP contribution is -2.27. The van der Waals surface area contributed by atoms with Gasteiger partial charge in [0.25, 0.3) is 5.91 Å². The molecule has 6 heteroatoms. The van der Waals surface area contributed by atoms with Gasteiger partial charge in [-0.15, -0.1) is 11.3 Å². The second-order valence-corrected chi connectivity index (χ2v) is 5.54. The van der Waals surface area contributed by atoms with Crippen molar-refractivity contribution < 1.29 is 13.6 Å². The first-order chi connectivity index (χ1) is 9.40. The molecule has 0 unspecified atom stereocenters. The Morgan fingerprint density at radius 3 is 2.60 bits per heavy atom. The van der Waals surface area contributed by atoms with E-state index < -0.39 is 17.5 Å². The van der Waals surface area contributed by atoms with Gasteiger partial charge in [0.1, 0.15) is 0 Å². The van der Waals surface area contributed by atoms with Gasteiger partial charge in [0.15, 0.2) is 11.6 Å². The lowest BCUT2D eigenvalue weighted by molar-refractivity contribution is 0.0787. The van der Waals surface area contributed by atoms with Crippen LogP contribution in [0.15, 0.2) is 23.6 Å². The molecule has 1 heterocycles. The quantitative estimate of drug-likeness (QED) is 0.884. The van der Waals surface area contributed by atoms with Crippen molar-refractivity contribution in [3.63, 3.8) is 0 Å². The van der Waals surface area contributed by atoms with Crippen LogP contribution in [0.25, 0.3) is 0 Å². The minimum Gasteiger partial charge on any atom is -0.398 e. The Morgan fingerprint density at radius 1 is 1.35 bits per heavy atom. The summed E-state index contributed by atoms with van der Waals surface area (Å²) in [6.07, 6.45) is 0. The molecule has 0 fully saturated rings. The molecule has 2 aromatic rings. The van der Waals surface area contributed by atoms with E-state index in [4.69, 9.17) is 5.73 Å². The van der Waals surface area contributed by atoms with Gasteiger partial charge in [-0.05, 0) is 30.0 Å². The van der Waals surface area contributed by atoms with Crippen LogP contribution in [0.2, 0.25) is 0 Å². The molecule has 1 amide bonds. The highest BCUT2D eigenvalue weighted by Gasteiger charge is 2.18. The summed E-state index contributed by atoms with van der Waals surface area (Å²) in [6.45, 7) is 2.36. The number of rotatable bonds is 3. The average Bonchev–Trinajstić information content (AvgIpc) is 2.78. The summed E-state index contributed by atoms with van der Waals surface area (Å²) in [5, 5.41) is 1.94. The predicted octanol–water partition coefficient (Wildman–Crippen LogP) is 3.19. The van der Waals surface area contributed by atoms with Gasteiger partial charge in [0.2, 0.25) is 0 Å². The van der Waals surface area contributed by atoms with Crippen LogP contribution in [0, 0.1) is 18.6 Å². The third kappa shape index (κ3) is 2.80. The maximum atomic E-state index is 13.2. The van der Waals surface area contributed by atoms with Gasteiger partial charge in [0.05, 0.1) is 12.1 Å². The molecule has 2 rings (SSSR count). The lowest BCUT2D eigenvalue weighted by atomic mass is 10.1. The number of nitrogens with two attached hydrogens (primary N) is 1. The second-order valence-electron chi connectivity index (χ2n) is 4.54. The van der Waals surface area contributed by atoms with Crippen LogP contribution in [-0.2, 0) is 6.54 Å². The fourth-order valence-electron chi connectivity index (χ4n) is 1.81. The second kappa shape index (κ2) is 5.58. The van der Waals surface area contributed by atoms with Crippen LogP contribution in [0.5, 0.6) is 0 Å². The lowest BCUT2D eigenvalue weighted by Gasteiger charge is -2.18. The van der Waals surface area contributed by atoms with Crippen molar-refractivity contribution in [3.05, 3.63) is 51.2 Å². The van der Waals surface area contributed by atoms with Gasteiger partial charge < -0.3 is 10.6 Å². The zero-order valence-corrected chi connectivity index (χ0v) is 11.9. The highest BCUT2D eigenvalue weighted by Crippen LogP contribution is 2.21. The summed E-state index contributed by atoms with van der Waals surface area (Å²) in [5.41, 5.74) is 6.58. The molecule has 3 nitrogen and oxygen atoms in total. The van der Waals surface area contributed by atoms with E-state index in [9.17, 15) is 13.6 Å². The fraction of sp³-hybridized carbons (Fsp3) is 0.214. The molecule has 0 atom stereocenters. The minimum atomic E-state index is -1.08. The van der Waals surface area contributed by atoms with Gasteiger partial charge in [-0.25, -0.2) is 8.78 Å². The molecule has 20 heavy (non-hydrogen) atoms.